The van der Waals surface area contributed by atoms with Crippen LogP contribution in [0.3, 0.4) is 0 Å². The van der Waals surface area contributed by atoms with E-state index < -0.39 is 0 Å². The zero-order valence-corrected chi connectivity index (χ0v) is 15.0. The Morgan fingerprint density at radius 2 is 1.96 bits per heavy atom. The highest BCUT2D eigenvalue weighted by molar-refractivity contribution is 5.87. The van der Waals surface area contributed by atoms with Gasteiger partial charge in [0.1, 0.15) is 11.9 Å². The summed E-state index contributed by atoms with van der Waals surface area (Å²) in [7, 11) is 0. The summed E-state index contributed by atoms with van der Waals surface area (Å²) in [4.78, 5) is 25.3. The van der Waals surface area contributed by atoms with E-state index in [-0.39, 0.29) is 12.1 Å². The second-order valence-corrected chi connectivity index (χ2v) is 7.65. The molecule has 3 aromatic rings. The SMILES string of the molecule is C[C@@H]1OCCn2c1nc1c(N3CC4CC3C4)nc(-c3cnc(N)nc3)nc12. The number of hydrogen-bond donors (Lipinski definition) is 1. The van der Waals surface area contributed by atoms with Gasteiger partial charge < -0.3 is 19.9 Å². The topological polar surface area (TPSA) is 108 Å². The van der Waals surface area contributed by atoms with Crippen molar-refractivity contribution >= 4 is 22.9 Å². The number of hydrogen-bond acceptors (Lipinski definition) is 8. The fraction of sp³-hybridized carbons (Fsp3) is 0.500. The van der Waals surface area contributed by atoms with Gasteiger partial charge in [-0.05, 0) is 25.7 Å². The van der Waals surface area contributed by atoms with Crippen molar-refractivity contribution in [2.24, 2.45) is 5.92 Å². The summed E-state index contributed by atoms with van der Waals surface area (Å²) in [6.45, 7) is 4.48. The van der Waals surface area contributed by atoms with E-state index in [1.807, 2.05) is 6.92 Å². The quantitative estimate of drug-likeness (QED) is 0.730. The molecule has 1 saturated carbocycles. The lowest BCUT2D eigenvalue weighted by Crippen LogP contribution is -2.29. The standard InChI is InChI=1S/C18H20N8O/c1-9-15-22-13-16(25(15)2-3-27-9)23-14(11-6-20-18(19)21-7-11)24-17(13)26-8-10-4-12(26)5-10/h6-7,9-10,12H,2-5,8H2,1H3,(H2,19,20,21)/t9-,10?,12?/m0/s1. The minimum atomic E-state index is -0.0450. The van der Waals surface area contributed by atoms with Gasteiger partial charge in [-0.3, -0.25) is 0 Å². The number of imidazole rings is 1. The first-order valence-electron chi connectivity index (χ1n) is 9.41. The molecule has 27 heavy (non-hydrogen) atoms. The van der Waals surface area contributed by atoms with Crippen LogP contribution in [-0.2, 0) is 11.3 Å². The Labute approximate surface area is 155 Å². The highest BCUT2D eigenvalue weighted by Gasteiger charge is 2.44. The third-order valence-electron chi connectivity index (χ3n) is 5.96. The zero-order valence-electron chi connectivity index (χ0n) is 15.0. The minimum Gasteiger partial charge on any atom is -0.369 e. The van der Waals surface area contributed by atoms with Crippen LogP contribution in [0.1, 0.15) is 31.7 Å². The van der Waals surface area contributed by atoms with Crippen LogP contribution in [0.5, 0.6) is 0 Å². The summed E-state index contributed by atoms with van der Waals surface area (Å²) in [5.74, 6) is 3.48. The number of fused-ring (bicyclic) bond motifs is 4. The van der Waals surface area contributed by atoms with Crippen LogP contribution in [0.4, 0.5) is 11.8 Å². The maximum absolute atomic E-state index is 5.78. The molecule has 0 spiro atoms. The minimum absolute atomic E-state index is 0.0450. The highest BCUT2D eigenvalue weighted by atomic mass is 16.5. The molecule has 0 amide bonds. The van der Waals surface area contributed by atoms with Crippen LogP contribution in [-0.4, -0.2) is 48.7 Å². The number of anilines is 2. The van der Waals surface area contributed by atoms with Crippen molar-refractivity contribution in [1.82, 2.24) is 29.5 Å². The van der Waals surface area contributed by atoms with Gasteiger partial charge in [0.15, 0.2) is 22.8 Å². The van der Waals surface area contributed by atoms with Gasteiger partial charge in [0.05, 0.1) is 12.2 Å². The van der Waals surface area contributed by atoms with Crippen molar-refractivity contribution in [1.29, 1.82) is 0 Å². The van der Waals surface area contributed by atoms with E-state index in [1.54, 1.807) is 12.4 Å². The summed E-state index contributed by atoms with van der Waals surface area (Å²) in [5.41, 5.74) is 8.13. The summed E-state index contributed by atoms with van der Waals surface area (Å²) in [6.07, 6.45) is 5.81. The smallest absolute Gasteiger partial charge is 0.219 e. The molecule has 3 aliphatic heterocycles. The first-order valence-corrected chi connectivity index (χ1v) is 9.41. The first-order chi connectivity index (χ1) is 13.2. The predicted octanol–water partition coefficient (Wildman–Crippen LogP) is 1.56. The predicted molar refractivity (Wildman–Crippen MR) is 99.0 cm³/mol. The molecule has 138 valence electrons. The molecule has 9 heteroatoms. The Morgan fingerprint density at radius 1 is 1.15 bits per heavy atom. The summed E-state index contributed by atoms with van der Waals surface area (Å²) in [5, 5.41) is 0. The lowest BCUT2D eigenvalue weighted by atomic mass is 9.86. The molecule has 0 aromatic carbocycles. The molecule has 3 aromatic heterocycles. The summed E-state index contributed by atoms with van der Waals surface area (Å²) >= 11 is 0. The second-order valence-electron chi connectivity index (χ2n) is 7.65. The van der Waals surface area contributed by atoms with Gasteiger partial charge in [0, 0.05) is 31.5 Å². The Balaban J connectivity index is 1.59. The van der Waals surface area contributed by atoms with Gasteiger partial charge in [-0.25, -0.2) is 24.9 Å². The van der Waals surface area contributed by atoms with Gasteiger partial charge in [0.2, 0.25) is 5.95 Å². The molecule has 2 N–H and O–H groups in total. The third-order valence-corrected chi connectivity index (χ3v) is 5.96. The van der Waals surface area contributed by atoms with Gasteiger partial charge in [-0.2, -0.15) is 0 Å². The molecular formula is C18H20N8O. The van der Waals surface area contributed by atoms with E-state index in [4.69, 9.17) is 25.4 Å². The number of rotatable bonds is 2. The monoisotopic (exact) mass is 364 g/mol. The summed E-state index contributed by atoms with van der Waals surface area (Å²) in [6, 6.07) is 0.566. The maximum Gasteiger partial charge on any atom is 0.219 e. The van der Waals surface area contributed by atoms with Crippen molar-refractivity contribution in [2.45, 2.75) is 38.5 Å². The molecule has 1 atom stereocenters. The van der Waals surface area contributed by atoms with Crippen LogP contribution < -0.4 is 10.6 Å². The van der Waals surface area contributed by atoms with Crippen LogP contribution in [0.15, 0.2) is 12.4 Å². The average Bonchev–Trinajstić information content (AvgIpc) is 3.34. The zero-order chi connectivity index (χ0) is 18.1. The largest absolute Gasteiger partial charge is 0.369 e. The highest BCUT2D eigenvalue weighted by Crippen LogP contribution is 2.44. The van der Waals surface area contributed by atoms with Crippen molar-refractivity contribution in [3.63, 3.8) is 0 Å². The van der Waals surface area contributed by atoms with E-state index in [0.717, 1.165) is 47.4 Å². The average molecular weight is 364 g/mol. The molecule has 0 radical (unpaired) electrons. The maximum atomic E-state index is 5.78. The van der Waals surface area contributed by atoms with Crippen molar-refractivity contribution in [3.8, 4) is 11.4 Å². The van der Waals surface area contributed by atoms with Crippen LogP contribution in [0.2, 0.25) is 0 Å². The Bertz CT molecular complexity index is 1040. The fourth-order valence-electron chi connectivity index (χ4n) is 4.50. The lowest BCUT2D eigenvalue weighted by molar-refractivity contribution is 0.0304. The molecule has 2 saturated heterocycles. The van der Waals surface area contributed by atoms with Crippen molar-refractivity contribution in [2.75, 3.05) is 23.8 Å². The number of nitrogens with two attached hydrogens (primary N) is 1. The van der Waals surface area contributed by atoms with E-state index in [0.29, 0.717) is 18.5 Å². The Morgan fingerprint density at radius 3 is 2.70 bits per heavy atom. The number of aromatic nitrogens is 6. The van der Waals surface area contributed by atoms with Gasteiger partial charge in [-0.1, -0.05) is 0 Å². The molecule has 2 bridgehead atoms. The van der Waals surface area contributed by atoms with E-state index in [9.17, 15) is 0 Å². The molecule has 7 rings (SSSR count). The van der Waals surface area contributed by atoms with Gasteiger partial charge in [0.25, 0.3) is 0 Å². The van der Waals surface area contributed by atoms with E-state index in [1.165, 1.54) is 12.8 Å². The first kappa shape index (κ1) is 15.3. The molecule has 0 unspecified atom stereocenters. The van der Waals surface area contributed by atoms with Crippen molar-refractivity contribution in [3.05, 3.63) is 18.2 Å². The van der Waals surface area contributed by atoms with Crippen LogP contribution >= 0.6 is 0 Å². The third kappa shape index (κ3) is 2.18. The number of nitrogen functional groups attached to an aromatic ring is 1. The molecular weight excluding hydrogens is 344 g/mol. The second kappa shape index (κ2) is 5.35. The van der Waals surface area contributed by atoms with E-state index in [2.05, 4.69) is 19.4 Å². The fourth-order valence-corrected chi connectivity index (χ4v) is 4.50. The Hall–Kier alpha value is -2.81. The number of ether oxygens (including phenoxy) is 1. The summed E-state index contributed by atoms with van der Waals surface area (Å²) < 4.78 is 7.94. The number of nitrogens with zero attached hydrogens (tertiary/aromatic N) is 7. The normalized spacial score (nSPS) is 26.3. The van der Waals surface area contributed by atoms with Gasteiger partial charge >= 0.3 is 0 Å². The van der Waals surface area contributed by atoms with Crippen molar-refractivity contribution < 1.29 is 4.74 Å². The molecule has 3 fully saturated rings. The van der Waals surface area contributed by atoms with Gasteiger partial charge in [-0.15, -0.1) is 0 Å². The Kier molecular flexibility index (Phi) is 3.03. The molecule has 4 aliphatic rings. The van der Waals surface area contributed by atoms with Crippen LogP contribution in [0.25, 0.3) is 22.6 Å². The molecule has 9 nitrogen and oxygen atoms in total. The van der Waals surface area contributed by atoms with Crippen LogP contribution in [0, 0.1) is 5.92 Å². The van der Waals surface area contributed by atoms with E-state index >= 15 is 0 Å². The molecule has 6 heterocycles. The molecule has 1 aliphatic carbocycles. The lowest BCUT2D eigenvalue weighted by Gasteiger charge is -2.26.